The number of rotatable bonds is 3. The van der Waals surface area contributed by atoms with E-state index in [0.29, 0.717) is 4.88 Å². The molecule has 4 heterocycles. The molecule has 130 valence electrons. The zero-order valence-corrected chi connectivity index (χ0v) is 15.2. The minimum Gasteiger partial charge on any atom is -0.329 e. The number of aromatic nitrogens is 5. The Morgan fingerprint density at radius 3 is 3.12 bits per heavy atom. The Bertz CT molecular complexity index is 917. The summed E-state index contributed by atoms with van der Waals surface area (Å²) < 4.78 is 5.79. The minimum absolute atomic E-state index is 0.00773. The third kappa shape index (κ3) is 2.80. The average Bonchev–Trinajstić information content (AvgIpc) is 3.30. The molecule has 3 aromatic heterocycles. The number of amides is 1. The molecule has 0 bridgehead atoms. The number of hydrogen-bond acceptors (Lipinski definition) is 6. The van der Waals surface area contributed by atoms with Crippen molar-refractivity contribution >= 4 is 23.1 Å². The number of fused-ring (bicyclic) bond motifs is 1. The van der Waals surface area contributed by atoms with Gasteiger partial charge in [0.05, 0.1) is 23.6 Å². The quantitative estimate of drug-likeness (QED) is 0.721. The highest BCUT2D eigenvalue weighted by Gasteiger charge is 2.32. The monoisotopic (exact) mass is 356 g/mol. The van der Waals surface area contributed by atoms with Crippen LogP contribution in [-0.2, 0) is 6.42 Å². The van der Waals surface area contributed by atoms with Gasteiger partial charge in [-0.05, 0) is 50.2 Å². The van der Waals surface area contributed by atoms with E-state index in [1.807, 2.05) is 35.4 Å². The van der Waals surface area contributed by atoms with Crippen LogP contribution in [0, 0.1) is 6.92 Å². The van der Waals surface area contributed by atoms with Crippen molar-refractivity contribution < 1.29 is 4.79 Å². The fraction of sp³-hybridized carbons (Fsp3) is 0.471. The van der Waals surface area contributed by atoms with Gasteiger partial charge in [0.1, 0.15) is 4.88 Å². The van der Waals surface area contributed by atoms with Gasteiger partial charge in [-0.3, -0.25) is 4.79 Å². The molecule has 0 unspecified atom stereocenters. The van der Waals surface area contributed by atoms with Crippen LogP contribution in [0.1, 0.15) is 59.0 Å². The standard InChI is InChI=1S/C17H20N6OS/c1-3-12-16(25-21-20-12)17(24)22-9-5-4-6-14(22)13-10-11(2)23-15(19-13)7-8-18-23/h7-8,10,14H,3-6,9H2,1-2H3/t14-/m0/s1. The lowest BCUT2D eigenvalue weighted by Gasteiger charge is -2.35. The normalized spacial score (nSPS) is 18.0. The predicted molar refractivity (Wildman–Crippen MR) is 94.6 cm³/mol. The smallest absolute Gasteiger partial charge is 0.268 e. The summed E-state index contributed by atoms with van der Waals surface area (Å²) in [6, 6.07) is 3.93. The van der Waals surface area contributed by atoms with E-state index >= 15 is 0 Å². The molecule has 1 aliphatic heterocycles. The van der Waals surface area contributed by atoms with Gasteiger partial charge in [0.2, 0.25) is 0 Å². The second kappa shape index (κ2) is 6.51. The molecule has 1 saturated heterocycles. The number of likely N-dealkylation sites (tertiary alicyclic amines) is 1. The van der Waals surface area contributed by atoms with Gasteiger partial charge in [-0.1, -0.05) is 11.4 Å². The van der Waals surface area contributed by atoms with E-state index in [2.05, 4.69) is 14.7 Å². The third-order valence-electron chi connectivity index (χ3n) is 4.75. The van der Waals surface area contributed by atoms with E-state index in [0.717, 1.165) is 55.0 Å². The van der Waals surface area contributed by atoms with Crippen LogP contribution in [0.15, 0.2) is 18.3 Å². The summed E-state index contributed by atoms with van der Waals surface area (Å²) in [7, 11) is 0. The Balaban J connectivity index is 1.72. The average molecular weight is 356 g/mol. The molecule has 3 aromatic rings. The largest absolute Gasteiger partial charge is 0.329 e. The fourth-order valence-corrected chi connectivity index (χ4v) is 4.19. The molecule has 25 heavy (non-hydrogen) atoms. The van der Waals surface area contributed by atoms with Crippen LogP contribution in [-0.4, -0.2) is 41.5 Å². The van der Waals surface area contributed by atoms with E-state index in [1.165, 1.54) is 11.5 Å². The molecule has 8 heteroatoms. The molecular formula is C17H20N6OS. The van der Waals surface area contributed by atoms with E-state index in [-0.39, 0.29) is 11.9 Å². The van der Waals surface area contributed by atoms with Crippen LogP contribution < -0.4 is 0 Å². The second-order valence-corrected chi connectivity index (χ2v) is 7.09. The van der Waals surface area contributed by atoms with Crippen molar-refractivity contribution in [3.63, 3.8) is 0 Å². The second-order valence-electron chi connectivity index (χ2n) is 6.34. The van der Waals surface area contributed by atoms with Crippen molar-refractivity contribution in [3.05, 3.63) is 40.3 Å². The van der Waals surface area contributed by atoms with Gasteiger partial charge in [0.15, 0.2) is 5.65 Å². The van der Waals surface area contributed by atoms with Crippen molar-refractivity contribution in [2.75, 3.05) is 6.54 Å². The first kappa shape index (κ1) is 16.1. The Hall–Kier alpha value is -2.35. The van der Waals surface area contributed by atoms with Crippen molar-refractivity contribution in [3.8, 4) is 0 Å². The highest BCUT2D eigenvalue weighted by atomic mass is 32.1. The molecule has 1 aliphatic rings. The lowest BCUT2D eigenvalue weighted by molar-refractivity contribution is 0.0610. The van der Waals surface area contributed by atoms with Crippen molar-refractivity contribution in [1.82, 2.24) is 29.1 Å². The maximum Gasteiger partial charge on any atom is 0.268 e. The molecule has 0 aliphatic carbocycles. The first-order chi connectivity index (χ1) is 12.2. The van der Waals surface area contributed by atoms with Gasteiger partial charge < -0.3 is 4.90 Å². The molecule has 4 rings (SSSR count). The molecule has 0 spiro atoms. The van der Waals surface area contributed by atoms with E-state index in [1.54, 1.807) is 6.20 Å². The molecule has 0 radical (unpaired) electrons. The summed E-state index contributed by atoms with van der Waals surface area (Å²) in [5.41, 5.74) is 3.57. The topological polar surface area (TPSA) is 76.3 Å². The van der Waals surface area contributed by atoms with Crippen LogP contribution >= 0.6 is 11.5 Å². The number of carbonyl (C=O) groups is 1. The highest BCUT2D eigenvalue weighted by molar-refractivity contribution is 7.08. The molecule has 1 atom stereocenters. The Kier molecular flexibility index (Phi) is 4.20. The molecular weight excluding hydrogens is 336 g/mol. The SMILES string of the molecule is CCc1nnsc1C(=O)N1CCCC[C@H]1c1cc(C)n2nccc2n1. The molecule has 0 aromatic carbocycles. The molecule has 1 amide bonds. The first-order valence-corrected chi connectivity index (χ1v) is 9.40. The van der Waals surface area contributed by atoms with Crippen molar-refractivity contribution in [2.24, 2.45) is 0 Å². The molecule has 7 nitrogen and oxygen atoms in total. The van der Waals surface area contributed by atoms with Gasteiger partial charge >= 0.3 is 0 Å². The van der Waals surface area contributed by atoms with Gasteiger partial charge in [-0.15, -0.1) is 5.10 Å². The fourth-order valence-electron chi connectivity index (χ4n) is 3.48. The summed E-state index contributed by atoms with van der Waals surface area (Å²) in [5.74, 6) is 0.0318. The summed E-state index contributed by atoms with van der Waals surface area (Å²) in [4.78, 5) is 20.5. The lowest BCUT2D eigenvalue weighted by Crippen LogP contribution is -2.39. The summed E-state index contributed by atoms with van der Waals surface area (Å²) in [6.45, 7) is 4.76. The number of piperidine rings is 1. The molecule has 0 saturated carbocycles. The zero-order valence-electron chi connectivity index (χ0n) is 14.3. The van der Waals surface area contributed by atoms with E-state index in [4.69, 9.17) is 4.98 Å². The van der Waals surface area contributed by atoms with Crippen molar-refractivity contribution in [2.45, 2.75) is 45.6 Å². The van der Waals surface area contributed by atoms with Crippen LogP contribution in [0.2, 0.25) is 0 Å². The molecule has 0 N–H and O–H groups in total. The number of aryl methyl sites for hydroxylation is 2. The summed E-state index contributed by atoms with van der Waals surface area (Å²) in [5, 5.41) is 8.37. The number of hydrogen-bond donors (Lipinski definition) is 0. The lowest BCUT2D eigenvalue weighted by atomic mass is 9.98. The van der Waals surface area contributed by atoms with Crippen LogP contribution in [0.3, 0.4) is 0 Å². The van der Waals surface area contributed by atoms with Crippen LogP contribution in [0.4, 0.5) is 0 Å². The minimum atomic E-state index is -0.00773. The third-order valence-corrected chi connectivity index (χ3v) is 5.50. The Morgan fingerprint density at radius 2 is 2.28 bits per heavy atom. The first-order valence-electron chi connectivity index (χ1n) is 8.62. The van der Waals surface area contributed by atoms with Gasteiger partial charge in [0, 0.05) is 18.3 Å². The number of carbonyl (C=O) groups excluding carboxylic acids is 1. The summed E-state index contributed by atoms with van der Waals surface area (Å²) >= 11 is 1.19. The Labute approximate surface area is 149 Å². The van der Waals surface area contributed by atoms with Crippen molar-refractivity contribution in [1.29, 1.82) is 0 Å². The van der Waals surface area contributed by atoms with Gasteiger partial charge in [0.25, 0.3) is 5.91 Å². The van der Waals surface area contributed by atoms with Crippen LogP contribution in [0.5, 0.6) is 0 Å². The molecule has 1 fully saturated rings. The highest BCUT2D eigenvalue weighted by Crippen LogP contribution is 2.32. The van der Waals surface area contributed by atoms with Gasteiger partial charge in [-0.2, -0.15) is 5.10 Å². The summed E-state index contributed by atoms with van der Waals surface area (Å²) in [6.07, 6.45) is 5.51. The van der Waals surface area contributed by atoms with Gasteiger partial charge in [-0.25, -0.2) is 9.50 Å². The Morgan fingerprint density at radius 1 is 1.40 bits per heavy atom. The maximum atomic E-state index is 13.1. The zero-order chi connectivity index (χ0) is 17.4. The number of nitrogens with zero attached hydrogens (tertiary/aromatic N) is 6. The van der Waals surface area contributed by atoms with E-state index in [9.17, 15) is 4.79 Å². The predicted octanol–water partition coefficient (Wildman–Crippen LogP) is 2.82. The van der Waals surface area contributed by atoms with Crippen LogP contribution in [0.25, 0.3) is 5.65 Å². The van der Waals surface area contributed by atoms with E-state index < -0.39 is 0 Å². The maximum absolute atomic E-state index is 13.1.